The summed E-state index contributed by atoms with van der Waals surface area (Å²) in [5, 5.41) is 6.11. The first-order valence-corrected chi connectivity index (χ1v) is 8.31. The maximum Gasteiger partial charge on any atom is 0.0439 e. The van der Waals surface area contributed by atoms with E-state index in [2.05, 4.69) is 54.7 Å². The van der Waals surface area contributed by atoms with Crippen molar-refractivity contribution in [3.8, 4) is 0 Å². The summed E-state index contributed by atoms with van der Waals surface area (Å²) in [6, 6.07) is 15.6. The number of fused-ring (bicyclic) bond motifs is 1. The number of hydrogen-bond acceptors (Lipinski definition) is 2. The van der Waals surface area contributed by atoms with E-state index in [4.69, 9.17) is 0 Å². The highest BCUT2D eigenvalue weighted by molar-refractivity contribution is 7.85. The van der Waals surface area contributed by atoms with Gasteiger partial charge in [0.2, 0.25) is 0 Å². The summed E-state index contributed by atoms with van der Waals surface area (Å²) in [7, 11) is -0.705. The van der Waals surface area contributed by atoms with Gasteiger partial charge in [-0.15, -0.1) is 0 Å². The van der Waals surface area contributed by atoms with Gasteiger partial charge in [-0.2, -0.15) is 0 Å². The van der Waals surface area contributed by atoms with Gasteiger partial charge in [0.05, 0.1) is 0 Å². The SMILES string of the molecule is CC1CCS(=O)CC(c2ccc3ccccc3c2)N1. The molecule has 0 bridgehead atoms. The predicted octanol–water partition coefficient (Wildman–Crippen LogP) is 3.01. The van der Waals surface area contributed by atoms with Crippen LogP contribution in [0.2, 0.25) is 0 Å². The highest BCUT2D eigenvalue weighted by atomic mass is 32.2. The molecule has 1 fully saturated rings. The van der Waals surface area contributed by atoms with Crippen molar-refractivity contribution < 1.29 is 4.21 Å². The Kier molecular flexibility index (Phi) is 3.67. The molecule has 3 rings (SSSR count). The molecule has 2 aromatic rings. The Morgan fingerprint density at radius 3 is 2.79 bits per heavy atom. The smallest absolute Gasteiger partial charge is 0.0439 e. The van der Waals surface area contributed by atoms with E-state index in [1.54, 1.807) is 0 Å². The van der Waals surface area contributed by atoms with Gasteiger partial charge in [0.15, 0.2) is 0 Å². The van der Waals surface area contributed by atoms with Crippen molar-refractivity contribution in [3.63, 3.8) is 0 Å². The maximum atomic E-state index is 11.9. The highest BCUT2D eigenvalue weighted by Gasteiger charge is 2.21. The second-order valence-electron chi connectivity index (χ2n) is 5.33. The van der Waals surface area contributed by atoms with Crippen LogP contribution in [0.1, 0.15) is 24.9 Å². The molecule has 1 aliphatic rings. The van der Waals surface area contributed by atoms with Crippen molar-refractivity contribution in [3.05, 3.63) is 48.0 Å². The van der Waals surface area contributed by atoms with E-state index in [9.17, 15) is 4.21 Å². The molecule has 2 aromatic carbocycles. The van der Waals surface area contributed by atoms with Crippen LogP contribution in [0.15, 0.2) is 42.5 Å². The van der Waals surface area contributed by atoms with Gasteiger partial charge in [-0.3, -0.25) is 4.21 Å². The second kappa shape index (κ2) is 5.43. The molecule has 1 N–H and O–H groups in total. The van der Waals surface area contributed by atoms with Crippen LogP contribution in [-0.2, 0) is 10.8 Å². The molecular weight excluding hydrogens is 254 g/mol. The molecule has 1 heterocycles. The van der Waals surface area contributed by atoms with Gasteiger partial charge in [-0.1, -0.05) is 36.4 Å². The van der Waals surface area contributed by atoms with Crippen LogP contribution in [0.3, 0.4) is 0 Å². The lowest BCUT2D eigenvalue weighted by Crippen LogP contribution is -2.30. The first kappa shape index (κ1) is 12.8. The van der Waals surface area contributed by atoms with Crippen molar-refractivity contribution in [2.45, 2.75) is 25.4 Å². The number of rotatable bonds is 1. The topological polar surface area (TPSA) is 29.1 Å². The Bertz CT molecular complexity index is 610. The van der Waals surface area contributed by atoms with Crippen LogP contribution in [0, 0.1) is 0 Å². The molecule has 0 amide bonds. The molecule has 3 heteroatoms. The fourth-order valence-electron chi connectivity index (χ4n) is 2.67. The van der Waals surface area contributed by atoms with Crippen LogP contribution >= 0.6 is 0 Å². The minimum absolute atomic E-state index is 0.211. The van der Waals surface area contributed by atoms with Crippen LogP contribution < -0.4 is 5.32 Å². The van der Waals surface area contributed by atoms with Crippen molar-refractivity contribution in [1.82, 2.24) is 5.32 Å². The van der Waals surface area contributed by atoms with Crippen molar-refractivity contribution in [2.24, 2.45) is 0 Å². The number of hydrogen-bond donors (Lipinski definition) is 1. The Hall–Kier alpha value is -1.19. The fraction of sp³-hybridized carbons (Fsp3) is 0.375. The zero-order chi connectivity index (χ0) is 13.2. The van der Waals surface area contributed by atoms with E-state index in [1.165, 1.54) is 16.3 Å². The summed E-state index contributed by atoms with van der Waals surface area (Å²) in [4.78, 5) is 0. The highest BCUT2D eigenvalue weighted by Crippen LogP contribution is 2.23. The average molecular weight is 273 g/mol. The monoisotopic (exact) mass is 273 g/mol. The minimum Gasteiger partial charge on any atom is -0.307 e. The Morgan fingerprint density at radius 1 is 1.16 bits per heavy atom. The quantitative estimate of drug-likeness (QED) is 0.865. The van der Waals surface area contributed by atoms with E-state index in [-0.39, 0.29) is 6.04 Å². The van der Waals surface area contributed by atoms with E-state index in [1.807, 2.05) is 0 Å². The second-order valence-corrected chi connectivity index (χ2v) is 6.95. The molecule has 3 unspecified atom stereocenters. The van der Waals surface area contributed by atoms with E-state index in [0.717, 1.165) is 17.9 Å². The van der Waals surface area contributed by atoms with E-state index >= 15 is 0 Å². The summed E-state index contributed by atoms with van der Waals surface area (Å²) in [5.74, 6) is 1.54. The first-order valence-electron chi connectivity index (χ1n) is 6.82. The lowest BCUT2D eigenvalue weighted by atomic mass is 10.0. The lowest BCUT2D eigenvalue weighted by molar-refractivity contribution is 0.485. The number of nitrogens with one attached hydrogen (secondary N) is 1. The molecule has 2 nitrogen and oxygen atoms in total. The first-order chi connectivity index (χ1) is 9.22. The molecule has 0 saturated carbocycles. The Labute approximate surface area is 116 Å². The van der Waals surface area contributed by atoms with E-state index < -0.39 is 10.8 Å². The standard InChI is InChI=1S/C16H19NOS/c1-12-8-9-19(18)11-16(17-12)15-7-6-13-4-2-3-5-14(13)10-15/h2-7,10,12,16-17H,8-9,11H2,1H3. The predicted molar refractivity (Wildman–Crippen MR) is 81.8 cm³/mol. The van der Waals surface area contributed by atoms with Gasteiger partial charge in [0, 0.05) is 34.4 Å². The van der Waals surface area contributed by atoms with Gasteiger partial charge in [0.1, 0.15) is 0 Å². The van der Waals surface area contributed by atoms with Crippen LogP contribution in [0.4, 0.5) is 0 Å². The summed E-state index contributed by atoms with van der Waals surface area (Å²) in [6.07, 6.45) is 0.997. The van der Waals surface area contributed by atoms with Gasteiger partial charge in [-0.05, 0) is 35.7 Å². The molecule has 0 spiro atoms. The molecule has 19 heavy (non-hydrogen) atoms. The molecule has 100 valence electrons. The lowest BCUT2D eigenvalue weighted by Gasteiger charge is -2.20. The molecule has 0 aromatic heterocycles. The van der Waals surface area contributed by atoms with Gasteiger partial charge < -0.3 is 5.32 Å². The summed E-state index contributed by atoms with van der Waals surface area (Å²) in [5.41, 5.74) is 1.25. The van der Waals surface area contributed by atoms with Crippen molar-refractivity contribution in [2.75, 3.05) is 11.5 Å². The third-order valence-electron chi connectivity index (χ3n) is 3.79. The fourth-order valence-corrected chi connectivity index (χ4v) is 4.11. The normalized spacial score (nSPS) is 28.2. The average Bonchev–Trinajstić information content (AvgIpc) is 2.60. The third kappa shape index (κ3) is 2.88. The van der Waals surface area contributed by atoms with Crippen LogP contribution in [0.5, 0.6) is 0 Å². The molecule has 3 atom stereocenters. The summed E-state index contributed by atoms with van der Waals surface area (Å²) in [6.45, 7) is 2.18. The van der Waals surface area contributed by atoms with Gasteiger partial charge >= 0.3 is 0 Å². The maximum absolute atomic E-state index is 11.9. The number of benzene rings is 2. The molecule has 1 aliphatic heterocycles. The van der Waals surface area contributed by atoms with Crippen molar-refractivity contribution >= 4 is 21.6 Å². The Morgan fingerprint density at radius 2 is 1.95 bits per heavy atom. The minimum atomic E-state index is -0.705. The molecule has 0 aliphatic carbocycles. The van der Waals surface area contributed by atoms with Crippen LogP contribution in [0.25, 0.3) is 10.8 Å². The van der Waals surface area contributed by atoms with E-state index in [0.29, 0.717) is 6.04 Å². The summed E-state index contributed by atoms with van der Waals surface area (Å²) >= 11 is 0. The molecular formula is C16H19NOS. The van der Waals surface area contributed by atoms with Gasteiger partial charge in [-0.25, -0.2) is 0 Å². The molecule has 1 saturated heterocycles. The zero-order valence-corrected chi connectivity index (χ0v) is 12.0. The molecule has 0 radical (unpaired) electrons. The third-order valence-corrected chi connectivity index (χ3v) is 5.19. The summed E-state index contributed by atoms with van der Waals surface area (Å²) < 4.78 is 11.9. The van der Waals surface area contributed by atoms with Crippen molar-refractivity contribution in [1.29, 1.82) is 0 Å². The van der Waals surface area contributed by atoms with Gasteiger partial charge in [0.25, 0.3) is 0 Å². The Balaban J connectivity index is 1.95. The zero-order valence-electron chi connectivity index (χ0n) is 11.1. The van der Waals surface area contributed by atoms with Crippen LogP contribution in [-0.4, -0.2) is 21.8 Å². The largest absolute Gasteiger partial charge is 0.307 e.